The lowest BCUT2D eigenvalue weighted by Gasteiger charge is -2.33. The molecule has 24 heteroatoms. The summed E-state index contributed by atoms with van der Waals surface area (Å²) in [6, 6.07) is 0. The van der Waals surface area contributed by atoms with Crippen LogP contribution in [0.3, 0.4) is 0 Å². The molecule has 0 aromatic rings. The van der Waals surface area contributed by atoms with Crippen LogP contribution in [0.2, 0.25) is 0 Å². The van der Waals surface area contributed by atoms with Crippen LogP contribution in [0.5, 0.6) is 0 Å². The Kier molecular flexibility index (Phi) is 21.4. The quantitative estimate of drug-likeness (QED) is 0.0453. The maximum Gasteiger partial charge on any atom is 0.335 e. The maximum absolute atomic E-state index is 12.5. The van der Waals surface area contributed by atoms with Crippen molar-refractivity contribution in [2.75, 3.05) is 92.1 Å². The summed E-state index contributed by atoms with van der Waals surface area (Å²) in [7, 11) is 0. The average Bonchev–Trinajstić information content (AvgIpc) is 4.00. The Labute approximate surface area is 379 Å². The number of hydrogen-bond donors (Lipinski definition) is 3. The third kappa shape index (κ3) is 17.5. The van der Waals surface area contributed by atoms with Crippen LogP contribution < -0.4 is 16.0 Å². The second-order valence-corrected chi connectivity index (χ2v) is 15.4. The van der Waals surface area contributed by atoms with Crippen molar-refractivity contribution in [2.24, 2.45) is 5.41 Å². The van der Waals surface area contributed by atoms with Gasteiger partial charge in [0.1, 0.15) is 0 Å². The molecule has 0 radical (unpaired) electrons. The summed E-state index contributed by atoms with van der Waals surface area (Å²) < 4.78 is 24.0. The fourth-order valence-electron chi connectivity index (χ4n) is 6.43. The third-order valence-corrected chi connectivity index (χ3v) is 10.0. The first-order chi connectivity index (χ1) is 31.7. The molecule has 0 aromatic carbocycles. The van der Waals surface area contributed by atoms with Crippen LogP contribution in [-0.2, 0) is 81.3 Å². The zero-order valence-electron chi connectivity index (χ0n) is 36.5. The molecule has 4 aliphatic rings. The van der Waals surface area contributed by atoms with Gasteiger partial charge in [0.15, 0.2) is 0 Å². The first kappa shape index (κ1) is 52.1. The van der Waals surface area contributed by atoms with Crippen LogP contribution in [0.25, 0.3) is 0 Å². The van der Waals surface area contributed by atoms with Crippen LogP contribution in [0, 0.1) is 5.41 Å². The topological polar surface area (TPSA) is 300 Å². The van der Waals surface area contributed by atoms with E-state index in [2.05, 4.69) is 16.0 Å². The lowest BCUT2D eigenvalue weighted by atomic mass is 9.92. The fraction of sp³-hybridized carbons (Fsp3) is 0.571. The Balaban J connectivity index is 1.28. The largest absolute Gasteiger partial charge is 0.381 e. The van der Waals surface area contributed by atoms with Crippen LogP contribution in [-0.4, -0.2) is 183 Å². The Bertz CT molecular complexity index is 1710. The molecule has 3 N–H and O–H groups in total. The lowest BCUT2D eigenvalue weighted by molar-refractivity contribution is -0.198. The van der Waals surface area contributed by atoms with Gasteiger partial charge in [-0.1, -0.05) is 0 Å². The van der Waals surface area contributed by atoms with E-state index < -0.39 is 58.6 Å². The first-order valence-corrected chi connectivity index (χ1v) is 21.5. The van der Waals surface area contributed by atoms with Gasteiger partial charge < -0.3 is 39.7 Å². The molecule has 0 spiro atoms. The molecule has 0 bridgehead atoms. The molecule has 4 rings (SSSR count). The van der Waals surface area contributed by atoms with E-state index in [0.717, 1.165) is 51.2 Å². The van der Waals surface area contributed by atoms with E-state index in [9.17, 15) is 57.5 Å². The molecule has 0 saturated carbocycles. The van der Waals surface area contributed by atoms with Crippen molar-refractivity contribution in [1.82, 2.24) is 35.7 Å². The van der Waals surface area contributed by atoms with Gasteiger partial charge >= 0.3 is 5.97 Å². The van der Waals surface area contributed by atoms with Gasteiger partial charge in [0.05, 0.1) is 44.9 Å². The summed E-state index contributed by atoms with van der Waals surface area (Å²) >= 11 is 0. The van der Waals surface area contributed by atoms with Crippen molar-refractivity contribution >= 4 is 70.9 Å². The Morgan fingerprint density at radius 3 is 1.08 bits per heavy atom. The van der Waals surface area contributed by atoms with E-state index in [1.54, 1.807) is 0 Å². The Morgan fingerprint density at radius 2 is 0.758 bits per heavy atom. The number of carbonyl (C=O) groups is 12. The molecular formula is C42H55N7O17. The second kappa shape index (κ2) is 27.1. The van der Waals surface area contributed by atoms with Gasteiger partial charge in [-0.2, -0.15) is 0 Å². The summed E-state index contributed by atoms with van der Waals surface area (Å²) in [5.74, 6) is -6.20. The van der Waals surface area contributed by atoms with E-state index >= 15 is 0 Å². The van der Waals surface area contributed by atoms with Gasteiger partial charge in [0, 0.05) is 128 Å². The Morgan fingerprint density at radius 1 is 0.455 bits per heavy atom. The van der Waals surface area contributed by atoms with Gasteiger partial charge in [-0.15, -0.1) is 5.06 Å². The SMILES string of the molecule is O=C(CCN1C(=O)C=CC1=O)NCCCOCC(COCCCNC(=O)CCN1C(=O)C=CC1=O)(COCCCNC(=O)CCN1C(=O)C=CC1=O)COCCC(=O)ON1C(=O)CCC1=O. The van der Waals surface area contributed by atoms with E-state index in [1.165, 1.54) is 0 Å². The monoisotopic (exact) mass is 929 g/mol. The minimum atomic E-state index is -1.03. The molecule has 0 atom stereocenters. The number of hydroxylamine groups is 2. The van der Waals surface area contributed by atoms with Crippen molar-refractivity contribution in [3.8, 4) is 0 Å². The molecule has 360 valence electrons. The third-order valence-electron chi connectivity index (χ3n) is 10.0. The van der Waals surface area contributed by atoms with Crippen LogP contribution in [0.4, 0.5) is 0 Å². The highest BCUT2D eigenvalue weighted by Gasteiger charge is 2.35. The number of amides is 11. The van der Waals surface area contributed by atoms with Crippen molar-refractivity contribution < 1.29 is 81.3 Å². The molecule has 0 aliphatic carbocycles. The highest BCUT2D eigenvalue weighted by Crippen LogP contribution is 2.22. The first-order valence-electron chi connectivity index (χ1n) is 21.5. The summed E-state index contributed by atoms with van der Waals surface area (Å²) in [5.41, 5.74) is -1.03. The summed E-state index contributed by atoms with van der Waals surface area (Å²) in [4.78, 5) is 152. The molecule has 4 heterocycles. The number of hydrogen-bond acceptors (Lipinski definition) is 17. The van der Waals surface area contributed by atoms with E-state index in [-0.39, 0.29) is 148 Å². The van der Waals surface area contributed by atoms with Gasteiger partial charge in [-0.3, -0.25) is 67.4 Å². The molecule has 4 aliphatic heterocycles. The zero-order valence-corrected chi connectivity index (χ0v) is 36.5. The number of nitrogens with zero attached hydrogens (tertiary/aromatic N) is 4. The molecule has 11 amide bonds. The van der Waals surface area contributed by atoms with Crippen LogP contribution >= 0.6 is 0 Å². The summed E-state index contributed by atoms with van der Waals surface area (Å²) in [5, 5.41) is 8.57. The molecule has 1 saturated heterocycles. The minimum absolute atomic E-state index is 0.0204. The summed E-state index contributed by atoms with van der Waals surface area (Å²) in [6.45, 7) is 0.509. The molecule has 0 unspecified atom stereocenters. The standard InChI is InChI=1S/C42H55N7O17/c50-30(12-19-46-33(53)4-5-34(46)54)43-16-1-22-62-26-42(29-65-25-15-41(61)66-49-39(59)10-11-40(49)60,27-63-23-2-17-44-31(51)13-20-47-35(55)6-7-36(47)56)28-64-24-3-18-45-32(52)14-21-48-37(57)8-9-38(48)58/h4-9H,1-3,10-29H2,(H,43,50)(H,44,51)(H,45,52). The van der Waals surface area contributed by atoms with E-state index in [4.69, 9.17) is 23.8 Å². The number of carbonyl (C=O) groups excluding carboxylic acids is 12. The van der Waals surface area contributed by atoms with Gasteiger partial charge in [-0.05, 0) is 19.3 Å². The zero-order chi connectivity index (χ0) is 47.9. The Hall–Kier alpha value is -6.50. The molecular weight excluding hydrogens is 874 g/mol. The smallest absolute Gasteiger partial charge is 0.335 e. The highest BCUT2D eigenvalue weighted by atomic mass is 16.7. The number of ether oxygens (including phenoxy) is 4. The van der Waals surface area contributed by atoms with Crippen LogP contribution in [0.1, 0.15) is 57.8 Å². The van der Waals surface area contributed by atoms with Gasteiger partial charge in [0.2, 0.25) is 17.7 Å². The van der Waals surface area contributed by atoms with Gasteiger partial charge in [0.25, 0.3) is 47.3 Å². The number of imide groups is 4. The molecule has 1 fully saturated rings. The minimum Gasteiger partial charge on any atom is -0.381 e. The number of nitrogens with one attached hydrogen (secondary N) is 3. The lowest BCUT2D eigenvalue weighted by Crippen LogP contribution is -2.42. The van der Waals surface area contributed by atoms with Crippen molar-refractivity contribution in [3.63, 3.8) is 0 Å². The van der Waals surface area contributed by atoms with Gasteiger partial charge in [-0.25, -0.2) is 4.79 Å². The molecule has 0 aromatic heterocycles. The second-order valence-electron chi connectivity index (χ2n) is 15.4. The predicted molar refractivity (Wildman–Crippen MR) is 222 cm³/mol. The fourth-order valence-corrected chi connectivity index (χ4v) is 6.43. The molecule has 66 heavy (non-hydrogen) atoms. The highest BCUT2D eigenvalue weighted by molar-refractivity contribution is 6.14. The van der Waals surface area contributed by atoms with E-state index in [0.29, 0.717) is 24.3 Å². The normalized spacial score (nSPS) is 15.9. The average molecular weight is 930 g/mol. The number of rotatable bonds is 33. The van der Waals surface area contributed by atoms with Crippen molar-refractivity contribution in [2.45, 2.75) is 57.8 Å². The summed E-state index contributed by atoms with van der Waals surface area (Å²) in [6.07, 6.45) is 7.17. The predicted octanol–water partition coefficient (Wildman–Crippen LogP) is -2.50. The maximum atomic E-state index is 12.5. The van der Waals surface area contributed by atoms with E-state index in [1.807, 2.05) is 0 Å². The van der Waals surface area contributed by atoms with Crippen molar-refractivity contribution in [3.05, 3.63) is 36.5 Å². The van der Waals surface area contributed by atoms with Crippen molar-refractivity contribution in [1.29, 1.82) is 0 Å². The van der Waals surface area contributed by atoms with Crippen LogP contribution in [0.15, 0.2) is 36.5 Å². The molecule has 24 nitrogen and oxygen atoms in total.